The Hall–Kier alpha value is -2.64. The number of oxazole rings is 1. The number of hydrogen-bond donors (Lipinski definition) is 1. The molecule has 0 aliphatic heterocycles. The second-order valence-corrected chi connectivity index (χ2v) is 7.90. The highest BCUT2D eigenvalue weighted by Gasteiger charge is 2.28. The minimum atomic E-state index is -3.82. The number of sulfone groups is 1. The van der Waals surface area contributed by atoms with E-state index >= 15 is 0 Å². The molecular weight excluding hydrogens is 364 g/mol. The molecule has 0 fully saturated rings. The van der Waals surface area contributed by atoms with E-state index < -0.39 is 9.84 Å². The van der Waals surface area contributed by atoms with Gasteiger partial charge in [-0.05, 0) is 44.7 Å². The molecule has 0 saturated carbocycles. The fourth-order valence-corrected chi connectivity index (χ4v) is 4.07. The molecule has 0 amide bonds. The van der Waals surface area contributed by atoms with E-state index in [1.54, 1.807) is 36.4 Å². The number of hydrogen-bond acceptors (Lipinski definition) is 6. The predicted molar refractivity (Wildman–Crippen MR) is 102 cm³/mol. The first-order valence-electron chi connectivity index (χ1n) is 8.71. The van der Waals surface area contributed by atoms with Crippen LogP contribution >= 0.6 is 0 Å². The highest BCUT2D eigenvalue weighted by Crippen LogP contribution is 2.33. The fraction of sp³-hybridized carbons (Fsp3) is 0.250. The molecule has 3 aromatic rings. The Morgan fingerprint density at radius 1 is 1.11 bits per heavy atom. The maximum atomic E-state index is 13.1. The molecular formula is C20H22N2O4S. The van der Waals surface area contributed by atoms with E-state index in [0.717, 1.165) is 5.56 Å². The summed E-state index contributed by atoms with van der Waals surface area (Å²) in [6.45, 7) is 4.49. The van der Waals surface area contributed by atoms with Gasteiger partial charge in [0.15, 0.2) is 0 Å². The molecule has 2 aromatic carbocycles. The Balaban J connectivity index is 2.13. The van der Waals surface area contributed by atoms with Crippen molar-refractivity contribution < 1.29 is 17.6 Å². The van der Waals surface area contributed by atoms with E-state index in [1.165, 1.54) is 0 Å². The molecule has 1 aromatic heterocycles. The van der Waals surface area contributed by atoms with Gasteiger partial charge in [0.05, 0.1) is 17.1 Å². The third-order valence-corrected chi connectivity index (χ3v) is 5.76. The lowest BCUT2D eigenvalue weighted by Crippen LogP contribution is -2.09. The second kappa shape index (κ2) is 7.94. The number of nitrogens with zero attached hydrogens (tertiary/aromatic N) is 1. The Morgan fingerprint density at radius 2 is 1.81 bits per heavy atom. The third-order valence-electron chi connectivity index (χ3n) is 4.04. The van der Waals surface area contributed by atoms with Crippen molar-refractivity contribution in [1.82, 2.24) is 4.98 Å². The summed E-state index contributed by atoms with van der Waals surface area (Å²) in [6.07, 6.45) is 0.268. The minimum Gasteiger partial charge on any atom is -0.493 e. The van der Waals surface area contributed by atoms with Crippen LogP contribution in [0.4, 0.5) is 0 Å². The van der Waals surface area contributed by atoms with Crippen LogP contribution in [0, 0.1) is 6.92 Å². The van der Waals surface area contributed by atoms with E-state index in [9.17, 15) is 8.42 Å². The number of benzene rings is 2. The van der Waals surface area contributed by atoms with E-state index in [1.807, 2.05) is 26.0 Å². The summed E-state index contributed by atoms with van der Waals surface area (Å²) in [5.74, 6) is 1.03. The van der Waals surface area contributed by atoms with Crippen LogP contribution in [0.2, 0.25) is 0 Å². The van der Waals surface area contributed by atoms with Crippen LogP contribution in [-0.2, 0) is 16.3 Å². The lowest BCUT2D eigenvalue weighted by Gasteiger charge is -2.06. The summed E-state index contributed by atoms with van der Waals surface area (Å²) in [7, 11) is -3.82. The van der Waals surface area contributed by atoms with E-state index in [0.29, 0.717) is 17.9 Å². The third kappa shape index (κ3) is 3.89. The summed E-state index contributed by atoms with van der Waals surface area (Å²) in [6, 6.07) is 13.9. The summed E-state index contributed by atoms with van der Waals surface area (Å²) >= 11 is 0. The van der Waals surface area contributed by atoms with Crippen molar-refractivity contribution in [3.8, 4) is 17.2 Å². The molecule has 0 aliphatic rings. The highest BCUT2D eigenvalue weighted by molar-refractivity contribution is 7.91. The van der Waals surface area contributed by atoms with Crippen molar-refractivity contribution in [3.05, 3.63) is 59.9 Å². The van der Waals surface area contributed by atoms with Gasteiger partial charge < -0.3 is 14.9 Å². The molecule has 142 valence electrons. The van der Waals surface area contributed by atoms with Crippen LogP contribution < -0.4 is 10.5 Å². The number of ether oxygens (including phenoxy) is 1. The number of nitrogens with two attached hydrogens (primary N) is 1. The smallest absolute Gasteiger partial charge is 0.231 e. The molecule has 27 heavy (non-hydrogen) atoms. The van der Waals surface area contributed by atoms with Gasteiger partial charge in [-0.1, -0.05) is 29.8 Å². The summed E-state index contributed by atoms with van der Waals surface area (Å²) in [4.78, 5) is 4.49. The van der Waals surface area contributed by atoms with Gasteiger partial charge in [0.1, 0.15) is 11.5 Å². The Labute approximate surface area is 158 Å². The van der Waals surface area contributed by atoms with Gasteiger partial charge in [-0.25, -0.2) is 8.42 Å². The monoisotopic (exact) mass is 386 g/mol. The molecule has 0 radical (unpaired) electrons. The van der Waals surface area contributed by atoms with Gasteiger partial charge >= 0.3 is 0 Å². The Morgan fingerprint density at radius 3 is 2.48 bits per heavy atom. The largest absolute Gasteiger partial charge is 0.493 e. The van der Waals surface area contributed by atoms with Gasteiger partial charge in [-0.2, -0.15) is 4.98 Å². The average molecular weight is 386 g/mol. The van der Waals surface area contributed by atoms with E-state index in [-0.39, 0.29) is 34.5 Å². The zero-order valence-corrected chi connectivity index (χ0v) is 16.1. The Bertz CT molecular complexity index is 1020. The normalized spacial score (nSPS) is 11.5. The number of aryl methyl sites for hydroxylation is 1. The molecule has 0 bridgehead atoms. The summed E-state index contributed by atoms with van der Waals surface area (Å²) in [5, 5.41) is -0.0990. The molecule has 0 unspecified atom stereocenters. The van der Waals surface area contributed by atoms with Crippen LogP contribution in [0.1, 0.15) is 18.2 Å². The van der Waals surface area contributed by atoms with Crippen molar-refractivity contribution in [2.24, 2.45) is 5.73 Å². The molecule has 2 N–H and O–H groups in total. The van der Waals surface area contributed by atoms with Gasteiger partial charge in [-0.3, -0.25) is 0 Å². The van der Waals surface area contributed by atoms with Crippen LogP contribution in [0.3, 0.4) is 0 Å². The Kier molecular flexibility index (Phi) is 5.62. The topological polar surface area (TPSA) is 95.4 Å². The fourth-order valence-electron chi connectivity index (χ4n) is 2.71. The minimum absolute atomic E-state index is 0.0990. The number of aromatic nitrogens is 1. The molecule has 1 heterocycles. The second-order valence-electron chi connectivity index (χ2n) is 6.03. The maximum absolute atomic E-state index is 13.1. The van der Waals surface area contributed by atoms with Crippen LogP contribution in [0.5, 0.6) is 5.75 Å². The van der Waals surface area contributed by atoms with Crippen LogP contribution in [0.25, 0.3) is 11.5 Å². The lowest BCUT2D eigenvalue weighted by molar-refractivity contribution is 0.340. The molecule has 0 atom stereocenters. The number of rotatable bonds is 7. The zero-order valence-electron chi connectivity index (χ0n) is 15.3. The SMILES string of the molecule is CCOc1ccccc1-c1nc(S(=O)(=O)c2ccc(C)cc2)c(CCN)o1. The lowest BCUT2D eigenvalue weighted by atomic mass is 10.2. The first kappa shape index (κ1) is 19.1. The summed E-state index contributed by atoms with van der Waals surface area (Å²) in [5.41, 5.74) is 7.22. The standard InChI is InChI=1S/C20H22N2O4S/c1-3-25-17-7-5-4-6-16(17)19-22-20(18(26-19)12-13-21)27(23,24)15-10-8-14(2)9-11-15/h4-11H,3,12-13,21H2,1-2H3. The summed E-state index contributed by atoms with van der Waals surface area (Å²) < 4.78 is 37.6. The highest BCUT2D eigenvalue weighted by atomic mass is 32.2. The van der Waals surface area contributed by atoms with Gasteiger partial charge in [-0.15, -0.1) is 0 Å². The van der Waals surface area contributed by atoms with Crippen molar-refractivity contribution >= 4 is 9.84 Å². The van der Waals surface area contributed by atoms with Gasteiger partial charge in [0, 0.05) is 6.42 Å². The zero-order chi connectivity index (χ0) is 19.4. The van der Waals surface area contributed by atoms with Crippen LogP contribution in [-0.4, -0.2) is 26.6 Å². The van der Waals surface area contributed by atoms with E-state index in [2.05, 4.69) is 4.98 Å². The average Bonchev–Trinajstić information content (AvgIpc) is 3.08. The molecule has 3 rings (SSSR count). The maximum Gasteiger partial charge on any atom is 0.231 e. The molecule has 0 spiro atoms. The van der Waals surface area contributed by atoms with Gasteiger partial charge in [0.25, 0.3) is 0 Å². The van der Waals surface area contributed by atoms with Crippen LogP contribution in [0.15, 0.2) is 62.9 Å². The number of para-hydroxylation sites is 1. The molecule has 0 saturated heterocycles. The first-order chi connectivity index (χ1) is 13.0. The molecule has 0 aliphatic carbocycles. The molecule has 7 heteroatoms. The molecule has 6 nitrogen and oxygen atoms in total. The van der Waals surface area contributed by atoms with Gasteiger partial charge in [0.2, 0.25) is 20.8 Å². The van der Waals surface area contributed by atoms with Crippen molar-refractivity contribution in [3.63, 3.8) is 0 Å². The van der Waals surface area contributed by atoms with Crippen molar-refractivity contribution in [2.45, 2.75) is 30.2 Å². The predicted octanol–water partition coefficient (Wildman–Crippen LogP) is 3.38. The van der Waals surface area contributed by atoms with Crippen molar-refractivity contribution in [1.29, 1.82) is 0 Å². The quantitative estimate of drug-likeness (QED) is 0.669. The van der Waals surface area contributed by atoms with Crippen molar-refractivity contribution in [2.75, 3.05) is 13.2 Å². The first-order valence-corrected chi connectivity index (χ1v) is 10.2. The van der Waals surface area contributed by atoms with E-state index in [4.69, 9.17) is 14.9 Å².